The molecular formula is C15H13F3N2O2. The van der Waals surface area contributed by atoms with Crippen molar-refractivity contribution in [2.24, 2.45) is 10.9 Å². The summed E-state index contributed by atoms with van der Waals surface area (Å²) in [4.78, 5) is 4.91. The van der Waals surface area contributed by atoms with Gasteiger partial charge in [0.2, 0.25) is 0 Å². The van der Waals surface area contributed by atoms with E-state index in [0.717, 1.165) is 12.1 Å². The van der Waals surface area contributed by atoms with Crippen LogP contribution in [0, 0.1) is 17.5 Å². The minimum atomic E-state index is -1.02. The maximum atomic E-state index is 13.0. The average molecular weight is 310 g/mol. The van der Waals surface area contributed by atoms with Gasteiger partial charge in [-0.25, -0.2) is 13.2 Å². The van der Waals surface area contributed by atoms with Crippen LogP contribution in [0.5, 0.6) is 5.75 Å². The summed E-state index contributed by atoms with van der Waals surface area (Å²) in [5, 5.41) is 3.58. The number of rotatable bonds is 6. The second-order valence-electron chi connectivity index (χ2n) is 4.24. The molecule has 0 fully saturated rings. The van der Waals surface area contributed by atoms with Crippen molar-refractivity contribution in [3.8, 4) is 5.75 Å². The molecule has 0 aliphatic carbocycles. The van der Waals surface area contributed by atoms with Crippen LogP contribution in [0.25, 0.3) is 0 Å². The fraction of sp³-hybridized carbons (Fsp3) is 0.133. The molecule has 0 aliphatic rings. The van der Waals surface area contributed by atoms with E-state index in [1.807, 2.05) is 0 Å². The summed E-state index contributed by atoms with van der Waals surface area (Å²) in [6.45, 7) is 0.252. The fourth-order valence-corrected chi connectivity index (χ4v) is 1.55. The summed E-state index contributed by atoms with van der Waals surface area (Å²) >= 11 is 0. The van der Waals surface area contributed by atoms with Crippen molar-refractivity contribution in [1.82, 2.24) is 0 Å². The summed E-state index contributed by atoms with van der Waals surface area (Å²) in [5.41, 5.74) is 5.78. The van der Waals surface area contributed by atoms with Gasteiger partial charge in [-0.15, -0.1) is 0 Å². The number of oxime groups is 1. The van der Waals surface area contributed by atoms with Crippen LogP contribution in [0.15, 0.2) is 47.6 Å². The van der Waals surface area contributed by atoms with E-state index in [9.17, 15) is 13.2 Å². The fourth-order valence-electron chi connectivity index (χ4n) is 1.55. The predicted molar refractivity (Wildman–Crippen MR) is 74.9 cm³/mol. The Morgan fingerprint density at radius 2 is 1.68 bits per heavy atom. The third-order valence-electron chi connectivity index (χ3n) is 2.64. The van der Waals surface area contributed by atoms with E-state index in [4.69, 9.17) is 15.3 Å². The number of amidine groups is 1. The third-order valence-corrected chi connectivity index (χ3v) is 2.64. The third kappa shape index (κ3) is 4.41. The predicted octanol–water partition coefficient (Wildman–Crippen LogP) is 2.82. The average Bonchev–Trinajstić information content (AvgIpc) is 2.51. The highest BCUT2D eigenvalue weighted by atomic mass is 19.2. The largest absolute Gasteiger partial charge is 0.490 e. The molecule has 4 nitrogen and oxygen atoms in total. The minimum absolute atomic E-state index is 0.0827. The topological polar surface area (TPSA) is 56.8 Å². The van der Waals surface area contributed by atoms with E-state index in [2.05, 4.69) is 5.16 Å². The second-order valence-corrected chi connectivity index (χ2v) is 4.24. The minimum Gasteiger partial charge on any atom is -0.490 e. The zero-order valence-electron chi connectivity index (χ0n) is 11.4. The summed E-state index contributed by atoms with van der Waals surface area (Å²) < 4.78 is 43.7. The van der Waals surface area contributed by atoms with Crippen molar-refractivity contribution in [2.75, 3.05) is 13.2 Å². The van der Waals surface area contributed by atoms with Crippen LogP contribution in [0.3, 0.4) is 0 Å². The number of nitrogens with zero attached hydrogens (tertiary/aromatic N) is 1. The first kappa shape index (κ1) is 15.7. The number of halogens is 3. The van der Waals surface area contributed by atoms with Crippen molar-refractivity contribution in [3.63, 3.8) is 0 Å². The molecule has 0 saturated carbocycles. The highest BCUT2D eigenvalue weighted by molar-refractivity contribution is 5.97. The molecule has 0 bridgehead atoms. The number of hydrogen-bond acceptors (Lipinski definition) is 3. The maximum absolute atomic E-state index is 13.0. The van der Waals surface area contributed by atoms with Gasteiger partial charge in [0.1, 0.15) is 18.2 Å². The van der Waals surface area contributed by atoms with Crippen LogP contribution < -0.4 is 10.5 Å². The molecule has 0 aliphatic heterocycles. The lowest BCUT2D eigenvalue weighted by Crippen LogP contribution is -2.15. The van der Waals surface area contributed by atoms with E-state index in [1.165, 1.54) is 30.3 Å². The Morgan fingerprint density at radius 3 is 2.36 bits per heavy atom. The summed E-state index contributed by atoms with van der Waals surface area (Å²) in [6.07, 6.45) is 0. The molecule has 0 atom stereocenters. The van der Waals surface area contributed by atoms with Gasteiger partial charge in [-0.1, -0.05) is 5.16 Å². The van der Waals surface area contributed by atoms with Gasteiger partial charge in [-0.3, -0.25) is 0 Å². The van der Waals surface area contributed by atoms with E-state index < -0.39 is 11.6 Å². The molecule has 0 saturated heterocycles. The van der Waals surface area contributed by atoms with Gasteiger partial charge in [0.25, 0.3) is 0 Å². The highest BCUT2D eigenvalue weighted by Gasteiger charge is 2.05. The number of benzene rings is 2. The van der Waals surface area contributed by atoms with Gasteiger partial charge in [-0.05, 0) is 42.5 Å². The van der Waals surface area contributed by atoms with Crippen LogP contribution in [-0.2, 0) is 4.84 Å². The summed E-state index contributed by atoms with van der Waals surface area (Å²) in [6, 6.07) is 8.67. The molecule has 0 heterocycles. The van der Waals surface area contributed by atoms with Crippen molar-refractivity contribution < 1.29 is 22.7 Å². The van der Waals surface area contributed by atoms with Crippen molar-refractivity contribution in [1.29, 1.82) is 0 Å². The smallest absolute Gasteiger partial charge is 0.170 e. The molecule has 0 amide bonds. The molecular weight excluding hydrogens is 297 g/mol. The van der Waals surface area contributed by atoms with Crippen molar-refractivity contribution >= 4 is 5.84 Å². The first-order valence-corrected chi connectivity index (χ1v) is 6.35. The van der Waals surface area contributed by atoms with Crippen LogP contribution in [-0.4, -0.2) is 19.0 Å². The van der Waals surface area contributed by atoms with Crippen molar-refractivity contribution in [3.05, 3.63) is 65.5 Å². The molecule has 2 aromatic rings. The van der Waals surface area contributed by atoms with Gasteiger partial charge in [0, 0.05) is 5.56 Å². The van der Waals surface area contributed by atoms with Crippen LogP contribution in [0.4, 0.5) is 13.2 Å². The molecule has 2 N–H and O–H groups in total. The van der Waals surface area contributed by atoms with Gasteiger partial charge < -0.3 is 15.3 Å². The Morgan fingerprint density at radius 1 is 0.955 bits per heavy atom. The first-order chi connectivity index (χ1) is 10.6. The molecule has 7 heteroatoms. The Labute approximate surface area is 124 Å². The van der Waals surface area contributed by atoms with Gasteiger partial charge in [-0.2, -0.15) is 0 Å². The molecule has 0 aromatic heterocycles. The number of nitrogens with two attached hydrogens (primary N) is 1. The molecule has 0 radical (unpaired) electrons. The molecule has 0 unspecified atom stereocenters. The lowest BCUT2D eigenvalue weighted by Gasteiger charge is -2.06. The van der Waals surface area contributed by atoms with E-state index in [0.29, 0.717) is 5.75 Å². The highest BCUT2D eigenvalue weighted by Crippen LogP contribution is 2.11. The zero-order valence-corrected chi connectivity index (χ0v) is 11.4. The molecule has 0 spiro atoms. The lowest BCUT2D eigenvalue weighted by atomic mass is 10.2. The Hall–Kier alpha value is -2.70. The SMILES string of the molecule is NC(=NOCCOc1ccc(F)cc1)c1ccc(F)c(F)c1. The Kier molecular flexibility index (Phi) is 5.24. The molecule has 2 aromatic carbocycles. The lowest BCUT2D eigenvalue weighted by molar-refractivity contribution is 0.107. The monoisotopic (exact) mass is 310 g/mol. The van der Waals surface area contributed by atoms with E-state index >= 15 is 0 Å². The van der Waals surface area contributed by atoms with Gasteiger partial charge >= 0.3 is 0 Å². The Bertz CT molecular complexity index is 660. The quantitative estimate of drug-likeness (QED) is 0.386. The van der Waals surface area contributed by atoms with Gasteiger partial charge in [0.05, 0.1) is 0 Å². The Balaban J connectivity index is 1.79. The second kappa shape index (κ2) is 7.35. The molecule has 2 rings (SSSR count). The maximum Gasteiger partial charge on any atom is 0.170 e. The summed E-state index contributed by atoms with van der Waals surface area (Å²) in [5.74, 6) is -1.93. The number of ether oxygens (including phenoxy) is 1. The molecule has 116 valence electrons. The van der Waals surface area contributed by atoms with Crippen LogP contribution >= 0.6 is 0 Å². The first-order valence-electron chi connectivity index (χ1n) is 6.35. The van der Waals surface area contributed by atoms with Crippen molar-refractivity contribution in [2.45, 2.75) is 0 Å². The van der Waals surface area contributed by atoms with E-state index in [1.54, 1.807) is 0 Å². The summed E-state index contributed by atoms with van der Waals surface area (Å²) in [7, 11) is 0. The van der Waals surface area contributed by atoms with Gasteiger partial charge in [0.15, 0.2) is 24.1 Å². The van der Waals surface area contributed by atoms with E-state index in [-0.39, 0.29) is 30.4 Å². The normalized spacial score (nSPS) is 11.3. The van der Waals surface area contributed by atoms with Crippen LogP contribution in [0.2, 0.25) is 0 Å². The zero-order chi connectivity index (χ0) is 15.9. The van der Waals surface area contributed by atoms with Crippen LogP contribution in [0.1, 0.15) is 5.56 Å². The molecule has 22 heavy (non-hydrogen) atoms. The standard InChI is InChI=1S/C15H13F3N2O2/c16-11-2-4-12(5-3-11)21-7-8-22-20-15(19)10-1-6-13(17)14(18)9-10/h1-6,9H,7-8H2,(H2,19,20). The number of hydrogen-bond donors (Lipinski definition) is 1.